The molecule has 0 spiro atoms. The van der Waals surface area contributed by atoms with Crippen molar-refractivity contribution in [2.24, 2.45) is 5.73 Å². The van der Waals surface area contributed by atoms with Crippen molar-refractivity contribution in [3.8, 4) is 23.3 Å². The van der Waals surface area contributed by atoms with Gasteiger partial charge in [0.15, 0.2) is 0 Å². The Balaban J connectivity index is 2.32. The number of nitrogens with zero attached hydrogens (tertiary/aromatic N) is 1. The highest BCUT2D eigenvalue weighted by Gasteiger charge is 2.35. The first-order chi connectivity index (χ1) is 12.0. The molecule has 7 nitrogen and oxygen atoms in total. The molecule has 1 atom stereocenters. The molecule has 3 rings (SSSR count). The maximum atomic E-state index is 12.6. The summed E-state index contributed by atoms with van der Waals surface area (Å²) >= 11 is 0. The Bertz CT molecular complexity index is 969. The van der Waals surface area contributed by atoms with E-state index < -0.39 is 5.92 Å². The number of methoxy groups -OCH3 is 2. The molecule has 0 amide bonds. The summed E-state index contributed by atoms with van der Waals surface area (Å²) in [5, 5.41) is 9.58. The van der Waals surface area contributed by atoms with Gasteiger partial charge in [-0.05, 0) is 13.0 Å². The molecule has 1 aromatic carbocycles. The minimum Gasteiger partial charge on any atom is -0.497 e. The molecule has 0 bridgehead atoms. The van der Waals surface area contributed by atoms with Crippen LogP contribution in [0.5, 0.6) is 17.2 Å². The SMILES string of the molecule is COc1ccc([C@@H]2C(C#N)=C(N)Oc3cc(C)[nH]c(=O)c32)c(OC)c1. The van der Waals surface area contributed by atoms with Crippen molar-refractivity contribution in [1.29, 1.82) is 5.26 Å². The number of rotatable bonds is 3. The maximum absolute atomic E-state index is 12.6. The number of nitrogens with one attached hydrogen (secondary N) is 1. The topological polar surface area (TPSA) is 110 Å². The molecule has 7 heteroatoms. The van der Waals surface area contributed by atoms with Gasteiger partial charge in [-0.3, -0.25) is 4.79 Å². The summed E-state index contributed by atoms with van der Waals surface area (Å²) in [6.07, 6.45) is 0. The number of fused-ring (bicyclic) bond motifs is 1. The Morgan fingerprint density at radius 2 is 2.04 bits per heavy atom. The molecule has 0 fully saturated rings. The number of aromatic amines is 1. The highest BCUT2D eigenvalue weighted by Crippen LogP contribution is 2.44. The zero-order chi connectivity index (χ0) is 18.1. The highest BCUT2D eigenvalue weighted by atomic mass is 16.5. The number of allylic oxidation sites excluding steroid dienone is 1. The van der Waals surface area contributed by atoms with Crippen molar-refractivity contribution in [3.05, 3.63) is 62.9 Å². The molecular weight excluding hydrogens is 322 g/mol. The van der Waals surface area contributed by atoms with E-state index in [1.807, 2.05) is 0 Å². The molecule has 0 saturated carbocycles. The summed E-state index contributed by atoms with van der Waals surface area (Å²) in [6, 6.07) is 8.92. The van der Waals surface area contributed by atoms with Crippen LogP contribution in [-0.2, 0) is 0 Å². The van der Waals surface area contributed by atoms with Crippen LogP contribution in [0.2, 0.25) is 0 Å². The molecule has 128 valence electrons. The molecule has 0 radical (unpaired) electrons. The van der Waals surface area contributed by atoms with Crippen LogP contribution in [0.4, 0.5) is 0 Å². The third-order valence-corrected chi connectivity index (χ3v) is 4.10. The number of benzene rings is 1. The Morgan fingerprint density at radius 1 is 1.28 bits per heavy atom. The number of ether oxygens (including phenoxy) is 3. The van der Waals surface area contributed by atoms with E-state index in [2.05, 4.69) is 11.1 Å². The van der Waals surface area contributed by atoms with Gasteiger partial charge in [-0.2, -0.15) is 5.26 Å². The quantitative estimate of drug-likeness (QED) is 0.884. The predicted octanol–water partition coefficient (Wildman–Crippen LogP) is 1.92. The van der Waals surface area contributed by atoms with Crippen LogP contribution in [0.1, 0.15) is 22.7 Å². The van der Waals surface area contributed by atoms with E-state index in [9.17, 15) is 10.1 Å². The lowest BCUT2D eigenvalue weighted by molar-refractivity contribution is 0.380. The number of nitrogens with two attached hydrogens (primary N) is 1. The van der Waals surface area contributed by atoms with E-state index in [1.165, 1.54) is 7.11 Å². The second kappa shape index (κ2) is 6.24. The van der Waals surface area contributed by atoms with Gasteiger partial charge in [0.05, 0.1) is 25.7 Å². The summed E-state index contributed by atoms with van der Waals surface area (Å²) < 4.78 is 16.2. The van der Waals surface area contributed by atoms with Crippen molar-refractivity contribution < 1.29 is 14.2 Å². The number of aromatic nitrogens is 1. The maximum Gasteiger partial charge on any atom is 0.256 e. The number of hydrogen-bond acceptors (Lipinski definition) is 6. The van der Waals surface area contributed by atoms with Gasteiger partial charge in [0.25, 0.3) is 5.56 Å². The number of aryl methyl sites for hydroxylation is 1. The number of hydrogen-bond donors (Lipinski definition) is 2. The second-order valence-electron chi connectivity index (χ2n) is 5.59. The average molecular weight is 339 g/mol. The average Bonchev–Trinajstić information content (AvgIpc) is 2.59. The predicted molar refractivity (Wildman–Crippen MR) is 90.6 cm³/mol. The fourth-order valence-corrected chi connectivity index (χ4v) is 2.97. The molecule has 2 heterocycles. The zero-order valence-electron chi connectivity index (χ0n) is 14.0. The molecule has 0 saturated heterocycles. The molecule has 1 aliphatic rings. The van der Waals surface area contributed by atoms with Crippen LogP contribution in [0.3, 0.4) is 0 Å². The largest absolute Gasteiger partial charge is 0.497 e. The Kier molecular flexibility index (Phi) is 4.11. The fraction of sp³-hybridized carbons (Fsp3) is 0.222. The summed E-state index contributed by atoms with van der Waals surface area (Å²) in [7, 11) is 3.06. The third-order valence-electron chi connectivity index (χ3n) is 4.10. The van der Waals surface area contributed by atoms with Crippen LogP contribution in [0.15, 0.2) is 40.5 Å². The van der Waals surface area contributed by atoms with Gasteiger partial charge in [-0.15, -0.1) is 0 Å². The first-order valence-corrected chi connectivity index (χ1v) is 7.53. The van der Waals surface area contributed by atoms with E-state index >= 15 is 0 Å². The van der Waals surface area contributed by atoms with Gasteiger partial charge in [-0.1, -0.05) is 6.07 Å². The standard InChI is InChI=1S/C18H17N3O4/c1-9-6-14-16(18(22)21-9)15(12(8-19)17(20)25-14)11-5-4-10(23-2)7-13(11)24-3/h4-7,15H,20H2,1-3H3,(H,21,22)/t15-/m1/s1. The lowest BCUT2D eigenvalue weighted by Gasteiger charge is -2.27. The summed E-state index contributed by atoms with van der Waals surface area (Å²) in [5.41, 5.74) is 7.34. The van der Waals surface area contributed by atoms with Gasteiger partial charge < -0.3 is 24.9 Å². The van der Waals surface area contributed by atoms with Crippen molar-refractivity contribution >= 4 is 0 Å². The van der Waals surface area contributed by atoms with E-state index in [0.717, 1.165) is 0 Å². The van der Waals surface area contributed by atoms with Crippen LogP contribution in [0, 0.1) is 18.3 Å². The van der Waals surface area contributed by atoms with Crippen LogP contribution < -0.4 is 25.5 Å². The number of H-pyrrole nitrogens is 1. The Hall–Kier alpha value is -3.40. The van der Waals surface area contributed by atoms with Crippen LogP contribution in [-0.4, -0.2) is 19.2 Å². The van der Waals surface area contributed by atoms with E-state index in [1.54, 1.807) is 38.3 Å². The molecule has 0 unspecified atom stereocenters. The van der Waals surface area contributed by atoms with Crippen LogP contribution in [0.25, 0.3) is 0 Å². The summed E-state index contributed by atoms with van der Waals surface area (Å²) in [6.45, 7) is 1.74. The van der Waals surface area contributed by atoms with Crippen LogP contribution >= 0.6 is 0 Å². The molecule has 3 N–H and O–H groups in total. The number of nitriles is 1. The van der Waals surface area contributed by atoms with Crippen molar-refractivity contribution in [2.75, 3.05) is 14.2 Å². The third kappa shape index (κ3) is 2.68. The van der Waals surface area contributed by atoms with E-state index in [0.29, 0.717) is 34.1 Å². The Labute approximate surface area is 144 Å². The smallest absolute Gasteiger partial charge is 0.256 e. The van der Waals surface area contributed by atoms with E-state index in [4.69, 9.17) is 19.9 Å². The van der Waals surface area contributed by atoms with Gasteiger partial charge >= 0.3 is 0 Å². The minimum absolute atomic E-state index is 0.0251. The zero-order valence-corrected chi connectivity index (χ0v) is 14.0. The van der Waals surface area contributed by atoms with Gasteiger partial charge in [0, 0.05) is 23.4 Å². The van der Waals surface area contributed by atoms with Gasteiger partial charge in [0.1, 0.15) is 28.9 Å². The molecule has 1 aromatic heterocycles. The first-order valence-electron chi connectivity index (χ1n) is 7.53. The second-order valence-corrected chi connectivity index (χ2v) is 5.59. The Morgan fingerprint density at radius 3 is 2.68 bits per heavy atom. The lowest BCUT2D eigenvalue weighted by Crippen LogP contribution is -2.28. The minimum atomic E-state index is -0.695. The van der Waals surface area contributed by atoms with E-state index in [-0.39, 0.29) is 17.0 Å². The monoisotopic (exact) mass is 339 g/mol. The molecular formula is C18H17N3O4. The summed E-state index contributed by atoms with van der Waals surface area (Å²) in [5.74, 6) is 0.696. The normalized spacial score (nSPS) is 15.8. The molecule has 25 heavy (non-hydrogen) atoms. The van der Waals surface area contributed by atoms with Crippen molar-refractivity contribution in [3.63, 3.8) is 0 Å². The fourth-order valence-electron chi connectivity index (χ4n) is 2.97. The molecule has 0 aliphatic carbocycles. The van der Waals surface area contributed by atoms with Gasteiger partial charge in [-0.25, -0.2) is 0 Å². The molecule has 2 aromatic rings. The lowest BCUT2D eigenvalue weighted by atomic mass is 9.83. The molecule has 1 aliphatic heterocycles. The number of pyridine rings is 1. The van der Waals surface area contributed by atoms with Gasteiger partial charge in [0.2, 0.25) is 5.88 Å². The van der Waals surface area contributed by atoms with Crippen molar-refractivity contribution in [2.45, 2.75) is 12.8 Å². The summed E-state index contributed by atoms with van der Waals surface area (Å²) in [4.78, 5) is 15.3. The highest BCUT2D eigenvalue weighted by molar-refractivity contribution is 5.58. The first kappa shape index (κ1) is 16.5. The van der Waals surface area contributed by atoms with Crippen molar-refractivity contribution in [1.82, 2.24) is 4.98 Å².